The second kappa shape index (κ2) is 7.26. The van der Waals surface area contributed by atoms with E-state index >= 15 is 0 Å². The van der Waals surface area contributed by atoms with Gasteiger partial charge in [0.05, 0.1) is 5.56 Å². The highest BCUT2D eigenvalue weighted by Gasteiger charge is 2.29. The van der Waals surface area contributed by atoms with Gasteiger partial charge in [0.25, 0.3) is 0 Å². The molecule has 28 heavy (non-hydrogen) atoms. The van der Waals surface area contributed by atoms with E-state index in [1.54, 1.807) is 12.3 Å². The number of fused-ring (bicyclic) bond motifs is 1. The van der Waals surface area contributed by atoms with E-state index in [2.05, 4.69) is 20.6 Å². The molecular formula is C19H15F3N4O2. The number of benzene rings is 2. The van der Waals surface area contributed by atoms with Crippen LogP contribution in [0.3, 0.4) is 0 Å². The molecular weight excluding hydrogens is 373 g/mol. The molecule has 9 heteroatoms. The van der Waals surface area contributed by atoms with E-state index in [0.29, 0.717) is 35.5 Å². The van der Waals surface area contributed by atoms with Crippen molar-refractivity contribution in [3.63, 3.8) is 0 Å². The Balaban J connectivity index is 1.40. The number of aromatic nitrogens is 2. The molecule has 0 atom stereocenters. The average molecular weight is 388 g/mol. The van der Waals surface area contributed by atoms with Gasteiger partial charge in [0.2, 0.25) is 12.7 Å². The lowest BCUT2D eigenvalue weighted by Gasteiger charge is -2.10. The van der Waals surface area contributed by atoms with E-state index < -0.39 is 11.7 Å². The molecule has 0 fully saturated rings. The van der Waals surface area contributed by atoms with E-state index in [1.807, 2.05) is 18.2 Å². The lowest BCUT2D eigenvalue weighted by Crippen LogP contribution is -2.06. The number of rotatable bonds is 5. The van der Waals surface area contributed by atoms with E-state index in [0.717, 1.165) is 17.7 Å². The smallest absolute Gasteiger partial charge is 0.416 e. The molecule has 0 spiro atoms. The molecule has 0 unspecified atom stereocenters. The molecule has 1 aliphatic rings. The third-order valence-electron chi connectivity index (χ3n) is 4.03. The molecule has 3 aromatic rings. The first kappa shape index (κ1) is 17.9. The molecule has 144 valence electrons. The number of nitrogens with one attached hydrogen (secondary N) is 2. The van der Waals surface area contributed by atoms with Gasteiger partial charge in [-0.3, -0.25) is 0 Å². The van der Waals surface area contributed by atoms with Gasteiger partial charge in [-0.1, -0.05) is 6.07 Å². The number of alkyl halides is 3. The normalized spacial score (nSPS) is 12.7. The number of hydrogen-bond acceptors (Lipinski definition) is 6. The predicted octanol–water partition coefficient (Wildman–Crippen LogP) is 4.58. The monoisotopic (exact) mass is 388 g/mol. The Hall–Kier alpha value is -3.49. The summed E-state index contributed by atoms with van der Waals surface area (Å²) >= 11 is 0. The Bertz CT molecular complexity index is 978. The van der Waals surface area contributed by atoms with Crippen LogP contribution in [0.25, 0.3) is 0 Å². The van der Waals surface area contributed by atoms with Gasteiger partial charge in [-0.15, -0.1) is 0 Å². The van der Waals surface area contributed by atoms with Gasteiger partial charge in [-0.2, -0.15) is 18.2 Å². The van der Waals surface area contributed by atoms with E-state index in [9.17, 15) is 13.2 Å². The molecule has 1 aliphatic heterocycles. The maximum absolute atomic E-state index is 12.6. The number of ether oxygens (including phenoxy) is 2. The Kier molecular flexibility index (Phi) is 4.64. The summed E-state index contributed by atoms with van der Waals surface area (Å²) in [5, 5.41) is 6.06. The van der Waals surface area contributed by atoms with Crippen molar-refractivity contribution >= 4 is 17.5 Å². The fraction of sp³-hybridized carbons (Fsp3) is 0.158. The van der Waals surface area contributed by atoms with Crippen LogP contribution in [-0.2, 0) is 12.7 Å². The van der Waals surface area contributed by atoms with Crippen LogP contribution >= 0.6 is 0 Å². The van der Waals surface area contributed by atoms with Crippen molar-refractivity contribution in [2.45, 2.75) is 12.7 Å². The molecule has 0 bridgehead atoms. The zero-order chi connectivity index (χ0) is 19.6. The molecule has 2 N–H and O–H groups in total. The van der Waals surface area contributed by atoms with Crippen LogP contribution in [-0.4, -0.2) is 16.8 Å². The van der Waals surface area contributed by atoms with Gasteiger partial charge in [-0.25, -0.2) is 4.98 Å². The topological polar surface area (TPSA) is 68.3 Å². The molecule has 0 amide bonds. The molecule has 1 aromatic heterocycles. The van der Waals surface area contributed by atoms with Gasteiger partial charge >= 0.3 is 6.18 Å². The van der Waals surface area contributed by atoms with Crippen LogP contribution in [0.5, 0.6) is 11.5 Å². The molecule has 0 saturated heterocycles. The Morgan fingerprint density at radius 3 is 2.54 bits per heavy atom. The van der Waals surface area contributed by atoms with E-state index in [4.69, 9.17) is 9.47 Å². The highest BCUT2D eigenvalue weighted by atomic mass is 19.4. The van der Waals surface area contributed by atoms with Crippen LogP contribution in [0.2, 0.25) is 0 Å². The van der Waals surface area contributed by atoms with Crippen LogP contribution in [0.4, 0.5) is 30.6 Å². The summed E-state index contributed by atoms with van der Waals surface area (Å²) in [4.78, 5) is 8.46. The number of nitrogens with zero attached hydrogens (tertiary/aromatic N) is 2. The van der Waals surface area contributed by atoms with Crippen molar-refractivity contribution < 1.29 is 22.6 Å². The van der Waals surface area contributed by atoms with Crippen LogP contribution in [0.1, 0.15) is 11.1 Å². The number of anilines is 3. The minimum atomic E-state index is -4.36. The van der Waals surface area contributed by atoms with Crippen LogP contribution in [0.15, 0.2) is 54.7 Å². The Labute approximate surface area is 158 Å². The first-order valence-electron chi connectivity index (χ1n) is 8.37. The second-order valence-corrected chi connectivity index (χ2v) is 6.01. The molecule has 2 heterocycles. The minimum Gasteiger partial charge on any atom is -0.454 e. The zero-order valence-electron chi connectivity index (χ0n) is 14.5. The minimum absolute atomic E-state index is 0.215. The molecule has 6 nitrogen and oxygen atoms in total. The SMILES string of the molecule is FC(F)(F)c1ccc(Nc2ccnc(NCc3ccc4c(c3)OCO4)n2)cc1. The third kappa shape index (κ3) is 4.08. The predicted molar refractivity (Wildman–Crippen MR) is 96.7 cm³/mol. The van der Waals surface area contributed by atoms with Crippen molar-refractivity contribution in [2.24, 2.45) is 0 Å². The maximum Gasteiger partial charge on any atom is 0.416 e. The molecule has 0 saturated carbocycles. The molecule has 2 aromatic carbocycles. The van der Waals surface area contributed by atoms with Crippen LogP contribution < -0.4 is 20.1 Å². The summed E-state index contributed by atoms with van der Waals surface area (Å²) in [6.07, 6.45) is -2.80. The second-order valence-electron chi connectivity index (χ2n) is 6.01. The number of halogens is 3. The largest absolute Gasteiger partial charge is 0.454 e. The van der Waals surface area contributed by atoms with Crippen LogP contribution in [0, 0.1) is 0 Å². The summed E-state index contributed by atoms with van der Waals surface area (Å²) in [6.45, 7) is 0.688. The first-order chi connectivity index (χ1) is 13.5. The zero-order valence-corrected chi connectivity index (χ0v) is 14.5. The lowest BCUT2D eigenvalue weighted by atomic mass is 10.2. The quantitative estimate of drug-likeness (QED) is 0.667. The maximum atomic E-state index is 12.6. The Morgan fingerprint density at radius 1 is 0.964 bits per heavy atom. The summed E-state index contributed by atoms with van der Waals surface area (Å²) in [6, 6.07) is 12.0. The summed E-state index contributed by atoms with van der Waals surface area (Å²) in [5.74, 6) is 2.25. The van der Waals surface area contributed by atoms with Crippen molar-refractivity contribution in [2.75, 3.05) is 17.4 Å². The number of hydrogen-bond donors (Lipinski definition) is 2. The Morgan fingerprint density at radius 2 is 1.75 bits per heavy atom. The van der Waals surface area contributed by atoms with Crippen molar-refractivity contribution in [1.29, 1.82) is 0 Å². The summed E-state index contributed by atoms with van der Waals surface area (Å²) in [7, 11) is 0. The van der Waals surface area contributed by atoms with Gasteiger partial charge in [-0.05, 0) is 48.0 Å². The fourth-order valence-electron chi connectivity index (χ4n) is 2.64. The average Bonchev–Trinajstić information content (AvgIpc) is 3.14. The molecule has 0 radical (unpaired) electrons. The highest BCUT2D eigenvalue weighted by Crippen LogP contribution is 2.33. The van der Waals surface area contributed by atoms with Gasteiger partial charge < -0.3 is 20.1 Å². The standard InChI is InChI=1S/C19H15F3N4O2/c20-19(21,22)13-2-4-14(5-3-13)25-17-7-8-23-18(26-17)24-10-12-1-6-15-16(9-12)28-11-27-15/h1-9H,10-11H2,(H2,23,24,25,26). The molecule has 4 rings (SSSR count). The van der Waals surface area contributed by atoms with Crippen molar-refractivity contribution in [1.82, 2.24) is 9.97 Å². The lowest BCUT2D eigenvalue weighted by molar-refractivity contribution is -0.137. The molecule has 0 aliphatic carbocycles. The van der Waals surface area contributed by atoms with Gasteiger partial charge in [0.15, 0.2) is 11.5 Å². The fourth-order valence-corrected chi connectivity index (χ4v) is 2.64. The van der Waals surface area contributed by atoms with E-state index in [1.165, 1.54) is 12.1 Å². The highest BCUT2D eigenvalue weighted by molar-refractivity contribution is 5.57. The van der Waals surface area contributed by atoms with Crippen molar-refractivity contribution in [3.05, 3.63) is 65.9 Å². The third-order valence-corrected chi connectivity index (χ3v) is 4.03. The summed E-state index contributed by atoms with van der Waals surface area (Å²) < 4.78 is 48.5. The summed E-state index contributed by atoms with van der Waals surface area (Å²) in [5.41, 5.74) is 0.759. The van der Waals surface area contributed by atoms with Gasteiger partial charge in [0, 0.05) is 18.4 Å². The van der Waals surface area contributed by atoms with Gasteiger partial charge in [0.1, 0.15) is 5.82 Å². The first-order valence-corrected chi connectivity index (χ1v) is 8.37. The van der Waals surface area contributed by atoms with Crippen molar-refractivity contribution in [3.8, 4) is 11.5 Å². The van der Waals surface area contributed by atoms with E-state index in [-0.39, 0.29) is 6.79 Å².